The molecule has 20 heavy (non-hydrogen) atoms. The second-order valence-electron chi connectivity index (χ2n) is 4.88. The Kier molecular flexibility index (Phi) is 12.8. The smallest absolute Gasteiger partial charge is 0.0747 e. The summed E-state index contributed by atoms with van der Waals surface area (Å²) in [5, 5.41) is 7.13. The van der Waals surface area contributed by atoms with Crippen LogP contribution in [0, 0.1) is 0 Å². The van der Waals surface area contributed by atoms with Crippen molar-refractivity contribution in [2.75, 3.05) is 65.4 Å². The van der Waals surface area contributed by atoms with Crippen molar-refractivity contribution in [3.8, 4) is 0 Å². The molecule has 0 aromatic heterocycles. The molecule has 120 valence electrons. The van der Waals surface area contributed by atoms with Crippen LogP contribution in [0.15, 0.2) is 10.3 Å². The lowest BCUT2D eigenvalue weighted by atomic mass is 10.3. The van der Waals surface area contributed by atoms with Crippen LogP contribution in [0.3, 0.4) is 0 Å². The second kappa shape index (κ2) is 13.3. The summed E-state index contributed by atoms with van der Waals surface area (Å²) in [5.74, 6) is 5.02. The fourth-order valence-corrected chi connectivity index (χ4v) is 2.21. The Morgan fingerprint density at radius 3 is 1.45 bits per heavy atom. The third-order valence-electron chi connectivity index (χ3n) is 3.85. The summed E-state index contributed by atoms with van der Waals surface area (Å²) in [6.45, 7) is 19.5. The van der Waals surface area contributed by atoms with E-state index in [-0.39, 0.29) is 0 Å². The van der Waals surface area contributed by atoms with Gasteiger partial charge in [0.1, 0.15) is 0 Å². The fraction of sp³-hybridized carbons (Fsp3) is 1.00. The van der Waals surface area contributed by atoms with Gasteiger partial charge in [0.2, 0.25) is 0 Å². The van der Waals surface area contributed by atoms with Gasteiger partial charge < -0.3 is 20.5 Å². The predicted molar refractivity (Wildman–Crippen MR) is 85.9 cm³/mol. The van der Waals surface area contributed by atoms with Crippen LogP contribution in [0.5, 0.6) is 0 Å². The van der Waals surface area contributed by atoms with Crippen molar-refractivity contribution in [2.45, 2.75) is 27.7 Å². The summed E-state index contributed by atoms with van der Waals surface area (Å²) < 4.78 is 0. The van der Waals surface area contributed by atoms with Gasteiger partial charge in [0.15, 0.2) is 0 Å². The molecule has 0 bridgehead atoms. The Bertz CT molecular complexity index is 230. The van der Waals surface area contributed by atoms with Crippen molar-refractivity contribution in [3.05, 3.63) is 0 Å². The number of rotatable bonds is 13. The lowest BCUT2D eigenvalue weighted by Crippen LogP contribution is -2.40. The molecule has 0 saturated carbocycles. The molecular weight excluding hydrogens is 252 g/mol. The van der Waals surface area contributed by atoms with E-state index in [1.165, 1.54) is 0 Å². The van der Waals surface area contributed by atoms with E-state index < -0.39 is 0 Å². The molecule has 0 atom stereocenters. The van der Waals surface area contributed by atoms with Crippen LogP contribution in [-0.4, -0.2) is 80.1 Å². The highest BCUT2D eigenvalue weighted by atomic mass is 15.3. The maximum absolute atomic E-state index is 5.02. The molecule has 0 spiro atoms. The molecule has 0 fully saturated rings. The average Bonchev–Trinajstić information content (AvgIpc) is 2.49. The van der Waals surface area contributed by atoms with Gasteiger partial charge in [0.05, 0.1) is 6.54 Å². The molecule has 0 saturated heterocycles. The van der Waals surface area contributed by atoms with Crippen LogP contribution in [-0.2, 0) is 0 Å². The molecule has 0 aliphatic carbocycles. The zero-order valence-electron chi connectivity index (χ0n) is 13.9. The average molecular weight is 286 g/mol. The van der Waals surface area contributed by atoms with Crippen molar-refractivity contribution < 1.29 is 0 Å². The van der Waals surface area contributed by atoms with Crippen molar-refractivity contribution in [1.29, 1.82) is 0 Å². The second-order valence-corrected chi connectivity index (χ2v) is 4.88. The predicted octanol–water partition coefficient (Wildman–Crippen LogP) is 1.30. The van der Waals surface area contributed by atoms with E-state index in [1.54, 1.807) is 0 Å². The number of nitrogens with two attached hydrogens (primary N) is 1. The Hall–Kier alpha value is -0.720. The summed E-state index contributed by atoms with van der Waals surface area (Å²) in [5.41, 5.74) is 0. The van der Waals surface area contributed by atoms with Gasteiger partial charge in [-0.1, -0.05) is 32.9 Å². The van der Waals surface area contributed by atoms with Crippen LogP contribution in [0.2, 0.25) is 0 Å². The van der Waals surface area contributed by atoms with Crippen molar-refractivity contribution in [1.82, 2.24) is 14.7 Å². The van der Waals surface area contributed by atoms with Gasteiger partial charge in [-0.15, -0.1) is 0 Å². The first-order chi connectivity index (χ1) is 9.71. The van der Waals surface area contributed by atoms with E-state index in [1.807, 2.05) is 0 Å². The summed E-state index contributed by atoms with van der Waals surface area (Å²) in [6.07, 6.45) is 0. The van der Waals surface area contributed by atoms with Crippen molar-refractivity contribution >= 4 is 0 Å². The van der Waals surface area contributed by atoms with Crippen LogP contribution in [0.25, 0.3) is 0 Å². The zero-order valence-corrected chi connectivity index (χ0v) is 13.9. The molecule has 0 aromatic rings. The lowest BCUT2D eigenvalue weighted by Gasteiger charge is -2.28. The lowest BCUT2D eigenvalue weighted by molar-refractivity contribution is 0.190. The zero-order chi connectivity index (χ0) is 15.2. The molecule has 6 nitrogen and oxygen atoms in total. The third kappa shape index (κ3) is 9.23. The third-order valence-corrected chi connectivity index (χ3v) is 3.85. The van der Waals surface area contributed by atoms with E-state index in [9.17, 15) is 0 Å². The van der Waals surface area contributed by atoms with Crippen LogP contribution < -0.4 is 5.84 Å². The molecule has 0 unspecified atom stereocenters. The highest BCUT2D eigenvalue weighted by molar-refractivity contribution is 4.64. The summed E-state index contributed by atoms with van der Waals surface area (Å²) in [4.78, 5) is 7.39. The molecule has 0 radical (unpaired) electrons. The topological polar surface area (TPSA) is 60.5 Å². The molecule has 0 heterocycles. The Morgan fingerprint density at radius 2 is 1.05 bits per heavy atom. The monoisotopic (exact) mass is 286 g/mol. The van der Waals surface area contributed by atoms with E-state index in [2.05, 4.69) is 52.7 Å². The Labute approximate surface area is 125 Å². The van der Waals surface area contributed by atoms with Crippen LogP contribution >= 0.6 is 0 Å². The summed E-state index contributed by atoms with van der Waals surface area (Å²) in [7, 11) is 0. The molecule has 6 heteroatoms. The molecular formula is C14H34N6. The van der Waals surface area contributed by atoms with Gasteiger partial charge >= 0.3 is 0 Å². The minimum absolute atomic E-state index is 0.690. The van der Waals surface area contributed by atoms with E-state index in [0.717, 1.165) is 58.9 Å². The van der Waals surface area contributed by atoms with Gasteiger partial charge in [-0.3, -0.25) is 0 Å². The largest absolute Gasteiger partial charge is 0.305 e. The van der Waals surface area contributed by atoms with Crippen LogP contribution in [0.4, 0.5) is 0 Å². The van der Waals surface area contributed by atoms with Crippen molar-refractivity contribution in [3.63, 3.8) is 0 Å². The van der Waals surface area contributed by atoms with Gasteiger partial charge in [0.25, 0.3) is 0 Å². The van der Waals surface area contributed by atoms with Crippen LogP contribution in [0.1, 0.15) is 27.7 Å². The Balaban J connectivity index is 3.95. The number of hydrogen-bond acceptors (Lipinski definition) is 5. The molecule has 0 aliphatic rings. The first-order valence-corrected chi connectivity index (χ1v) is 7.95. The fourth-order valence-electron chi connectivity index (χ4n) is 2.21. The molecule has 0 aromatic carbocycles. The quantitative estimate of drug-likeness (QED) is 0.315. The van der Waals surface area contributed by atoms with Crippen molar-refractivity contribution in [2.24, 2.45) is 16.2 Å². The molecule has 0 rings (SSSR count). The molecule has 0 amide bonds. The molecule has 2 N–H and O–H groups in total. The van der Waals surface area contributed by atoms with Gasteiger partial charge in [-0.05, 0) is 26.2 Å². The first kappa shape index (κ1) is 19.3. The SMILES string of the molecule is CCN(CC)CCN(CC)CCN(CC)CCN=NN. The maximum Gasteiger partial charge on any atom is 0.0747 e. The maximum atomic E-state index is 5.02. The minimum Gasteiger partial charge on any atom is -0.305 e. The van der Waals surface area contributed by atoms with E-state index in [0.29, 0.717) is 6.54 Å². The van der Waals surface area contributed by atoms with E-state index in [4.69, 9.17) is 5.84 Å². The minimum atomic E-state index is 0.690. The standard InChI is InChI=1S/C14H34N6/c1-5-18(6-2)11-12-20(8-4)14-13-19(7-3)10-9-16-17-15/h5-14H2,1-4H3,(H2,15,16). The highest BCUT2D eigenvalue weighted by Gasteiger charge is 2.08. The van der Waals surface area contributed by atoms with Gasteiger partial charge in [-0.25, -0.2) is 0 Å². The van der Waals surface area contributed by atoms with Gasteiger partial charge in [-0.2, -0.15) is 5.11 Å². The van der Waals surface area contributed by atoms with Gasteiger partial charge in [0, 0.05) is 32.7 Å². The number of nitrogens with zero attached hydrogens (tertiary/aromatic N) is 5. The summed E-state index contributed by atoms with van der Waals surface area (Å²) in [6, 6.07) is 0. The molecule has 0 aliphatic heterocycles. The number of likely N-dealkylation sites (N-methyl/N-ethyl adjacent to an activating group) is 3. The van der Waals surface area contributed by atoms with E-state index >= 15 is 0 Å². The number of hydrogen-bond donors (Lipinski definition) is 1. The first-order valence-electron chi connectivity index (χ1n) is 7.95. The summed E-state index contributed by atoms with van der Waals surface area (Å²) >= 11 is 0. The normalized spacial score (nSPS) is 12.3. The Morgan fingerprint density at radius 1 is 0.650 bits per heavy atom. The highest BCUT2D eigenvalue weighted by Crippen LogP contribution is 1.95.